The number of carbonyl (C=O) groups excluding carboxylic acids is 2. The molecule has 0 aromatic rings. The molecule has 0 aromatic carbocycles. The molecular formula is C11H21N3O6. The average molecular weight is 291 g/mol. The minimum Gasteiger partial charge on any atom is -0.481 e. The van der Waals surface area contributed by atoms with Crippen molar-refractivity contribution in [1.82, 2.24) is 16.0 Å². The van der Waals surface area contributed by atoms with Crippen LogP contribution in [0.1, 0.15) is 13.3 Å². The summed E-state index contributed by atoms with van der Waals surface area (Å²) in [7, 11) is 1.50. The van der Waals surface area contributed by atoms with Crippen molar-refractivity contribution in [3.63, 3.8) is 0 Å². The summed E-state index contributed by atoms with van der Waals surface area (Å²) in [5, 5.41) is 25.2. The second-order valence-electron chi connectivity index (χ2n) is 4.45. The predicted octanol–water partition coefficient (Wildman–Crippen LogP) is -1.73. The van der Waals surface area contributed by atoms with E-state index < -0.39 is 24.0 Å². The van der Waals surface area contributed by atoms with Gasteiger partial charge in [0, 0.05) is 20.2 Å². The van der Waals surface area contributed by atoms with E-state index in [4.69, 9.17) is 9.84 Å². The van der Waals surface area contributed by atoms with Crippen molar-refractivity contribution < 1.29 is 29.3 Å². The molecule has 0 aliphatic heterocycles. The number of methoxy groups -OCH3 is 1. The Bertz CT molecular complexity index is 345. The molecule has 0 bridgehead atoms. The van der Waals surface area contributed by atoms with Crippen molar-refractivity contribution >= 4 is 17.9 Å². The number of hydrogen-bond acceptors (Lipinski definition) is 5. The van der Waals surface area contributed by atoms with Gasteiger partial charge in [-0.2, -0.15) is 0 Å². The van der Waals surface area contributed by atoms with Crippen LogP contribution in [0.25, 0.3) is 0 Å². The van der Waals surface area contributed by atoms with E-state index in [1.54, 1.807) is 0 Å². The third-order valence-electron chi connectivity index (χ3n) is 2.20. The summed E-state index contributed by atoms with van der Waals surface area (Å²) in [5.74, 6) is -1.55. The van der Waals surface area contributed by atoms with Gasteiger partial charge in [0.05, 0.1) is 25.2 Å². The number of carboxylic acids is 1. The normalized spacial score (nSPS) is 13.2. The number of nitrogens with one attached hydrogen (secondary N) is 3. The molecule has 9 nitrogen and oxygen atoms in total. The lowest BCUT2D eigenvalue weighted by Crippen LogP contribution is -2.48. The number of aliphatic carboxylic acids is 1. The van der Waals surface area contributed by atoms with Crippen LogP contribution in [0.2, 0.25) is 0 Å². The fourth-order valence-corrected chi connectivity index (χ4v) is 1.24. The Labute approximate surface area is 116 Å². The molecular weight excluding hydrogens is 270 g/mol. The maximum absolute atomic E-state index is 11.3. The molecule has 0 fully saturated rings. The van der Waals surface area contributed by atoms with Gasteiger partial charge in [0.25, 0.3) is 0 Å². The van der Waals surface area contributed by atoms with E-state index in [-0.39, 0.29) is 19.0 Å². The Morgan fingerprint density at radius 2 is 1.85 bits per heavy atom. The van der Waals surface area contributed by atoms with Crippen molar-refractivity contribution in [2.75, 3.05) is 33.4 Å². The van der Waals surface area contributed by atoms with Crippen LogP contribution < -0.4 is 16.0 Å². The van der Waals surface area contributed by atoms with Crippen LogP contribution in [0, 0.1) is 0 Å². The minimum atomic E-state index is -1.55. The summed E-state index contributed by atoms with van der Waals surface area (Å²) in [5.41, 5.74) is -1.55. The van der Waals surface area contributed by atoms with E-state index in [0.29, 0.717) is 13.2 Å². The number of carbonyl (C=O) groups is 3. The largest absolute Gasteiger partial charge is 0.481 e. The third kappa shape index (κ3) is 10.1. The van der Waals surface area contributed by atoms with Gasteiger partial charge in [0.1, 0.15) is 0 Å². The molecule has 0 aromatic heterocycles. The smallest absolute Gasteiger partial charge is 0.315 e. The highest BCUT2D eigenvalue weighted by Gasteiger charge is 2.24. The van der Waals surface area contributed by atoms with E-state index >= 15 is 0 Å². The molecule has 5 N–H and O–H groups in total. The highest BCUT2D eigenvalue weighted by atomic mass is 16.5. The lowest BCUT2D eigenvalue weighted by atomic mass is 10.0. The average Bonchev–Trinajstić information content (AvgIpc) is 2.33. The first-order valence-electron chi connectivity index (χ1n) is 5.98. The number of rotatable bonds is 9. The summed E-state index contributed by atoms with van der Waals surface area (Å²) in [6, 6.07) is -0.669. The van der Waals surface area contributed by atoms with Crippen LogP contribution in [0.3, 0.4) is 0 Å². The maximum atomic E-state index is 11.3. The fraction of sp³-hybridized carbons (Fsp3) is 0.727. The minimum absolute atomic E-state index is 0.226. The Kier molecular flexibility index (Phi) is 8.25. The number of hydrogen-bond donors (Lipinski definition) is 5. The number of aliphatic hydroxyl groups is 1. The maximum Gasteiger partial charge on any atom is 0.315 e. The van der Waals surface area contributed by atoms with Gasteiger partial charge in [0.15, 0.2) is 0 Å². The molecule has 0 saturated carbocycles. The first-order valence-corrected chi connectivity index (χ1v) is 5.98. The van der Waals surface area contributed by atoms with Crippen LogP contribution >= 0.6 is 0 Å². The zero-order chi connectivity index (χ0) is 15.6. The van der Waals surface area contributed by atoms with Crippen LogP contribution in [0.5, 0.6) is 0 Å². The number of carboxylic acid groups (broad SMARTS) is 1. The van der Waals surface area contributed by atoms with Crippen LogP contribution in [0.4, 0.5) is 4.79 Å². The van der Waals surface area contributed by atoms with E-state index in [9.17, 15) is 19.5 Å². The van der Waals surface area contributed by atoms with Gasteiger partial charge in [-0.1, -0.05) is 0 Å². The molecule has 0 radical (unpaired) electrons. The van der Waals surface area contributed by atoms with E-state index in [0.717, 1.165) is 0 Å². The van der Waals surface area contributed by atoms with Crippen LogP contribution in [-0.2, 0) is 14.3 Å². The van der Waals surface area contributed by atoms with Gasteiger partial charge in [-0.25, -0.2) is 4.79 Å². The van der Waals surface area contributed by atoms with Crippen molar-refractivity contribution in [2.45, 2.75) is 18.9 Å². The molecule has 0 aliphatic carbocycles. The first kappa shape index (κ1) is 18.1. The van der Waals surface area contributed by atoms with Crippen molar-refractivity contribution in [1.29, 1.82) is 0 Å². The van der Waals surface area contributed by atoms with Crippen molar-refractivity contribution in [2.24, 2.45) is 0 Å². The quantitative estimate of drug-likeness (QED) is 0.320. The van der Waals surface area contributed by atoms with E-state index in [1.165, 1.54) is 14.0 Å². The monoisotopic (exact) mass is 291 g/mol. The second kappa shape index (κ2) is 9.10. The molecule has 0 saturated heterocycles. The summed E-state index contributed by atoms with van der Waals surface area (Å²) in [6.45, 7) is 1.54. The lowest BCUT2D eigenvalue weighted by molar-refractivity contribution is -0.141. The molecule has 9 heteroatoms. The molecule has 20 heavy (non-hydrogen) atoms. The third-order valence-corrected chi connectivity index (χ3v) is 2.20. The molecule has 0 rings (SSSR count). The molecule has 116 valence electrons. The standard InChI is InChI=1S/C11H21N3O6/c1-11(19,5-9(16)17)7-14-10(18)13-6-8(15)12-3-4-20-2/h19H,3-7H2,1-2H3,(H,12,15)(H,16,17)(H2,13,14,18). The van der Waals surface area contributed by atoms with Crippen molar-refractivity contribution in [3.05, 3.63) is 0 Å². The fourth-order valence-electron chi connectivity index (χ4n) is 1.24. The zero-order valence-corrected chi connectivity index (χ0v) is 11.6. The predicted molar refractivity (Wildman–Crippen MR) is 69.2 cm³/mol. The van der Waals surface area contributed by atoms with Gasteiger partial charge in [-0.05, 0) is 6.92 Å². The van der Waals surface area contributed by atoms with Crippen LogP contribution in [-0.4, -0.2) is 67.1 Å². The van der Waals surface area contributed by atoms with Gasteiger partial charge < -0.3 is 30.9 Å². The second-order valence-corrected chi connectivity index (χ2v) is 4.45. The molecule has 0 heterocycles. The molecule has 3 amide bonds. The number of urea groups is 1. The highest BCUT2D eigenvalue weighted by Crippen LogP contribution is 2.06. The van der Waals surface area contributed by atoms with E-state index in [2.05, 4.69) is 16.0 Å². The Morgan fingerprint density at radius 1 is 1.20 bits per heavy atom. The molecule has 0 aliphatic rings. The highest BCUT2D eigenvalue weighted by molar-refractivity contribution is 5.83. The molecule has 1 unspecified atom stereocenters. The topological polar surface area (TPSA) is 137 Å². The summed E-state index contributed by atoms with van der Waals surface area (Å²) in [4.78, 5) is 33.0. The van der Waals surface area contributed by atoms with Crippen molar-refractivity contribution in [3.8, 4) is 0 Å². The number of amides is 3. The van der Waals surface area contributed by atoms with Gasteiger partial charge in [-0.15, -0.1) is 0 Å². The van der Waals surface area contributed by atoms with E-state index in [1.807, 2.05) is 0 Å². The Morgan fingerprint density at radius 3 is 2.40 bits per heavy atom. The molecule has 1 atom stereocenters. The summed E-state index contributed by atoms with van der Waals surface area (Å²) < 4.78 is 4.74. The van der Waals surface area contributed by atoms with Gasteiger partial charge in [-0.3, -0.25) is 9.59 Å². The zero-order valence-electron chi connectivity index (χ0n) is 11.6. The Hall–Kier alpha value is -1.87. The van der Waals surface area contributed by atoms with Gasteiger partial charge >= 0.3 is 12.0 Å². The first-order chi connectivity index (χ1) is 9.26. The van der Waals surface area contributed by atoms with Crippen LogP contribution in [0.15, 0.2) is 0 Å². The number of ether oxygens (including phenoxy) is 1. The Balaban J connectivity index is 3.83. The van der Waals surface area contributed by atoms with Gasteiger partial charge in [0.2, 0.25) is 5.91 Å². The lowest BCUT2D eigenvalue weighted by Gasteiger charge is -2.21. The summed E-state index contributed by atoms with van der Waals surface area (Å²) in [6.07, 6.45) is -0.495. The SMILES string of the molecule is COCCNC(=O)CNC(=O)NCC(C)(O)CC(=O)O. The molecule has 0 spiro atoms. The summed E-state index contributed by atoms with van der Waals surface area (Å²) >= 11 is 0.